The lowest BCUT2D eigenvalue weighted by atomic mass is 10.2. The van der Waals surface area contributed by atoms with E-state index in [1.54, 1.807) is 6.08 Å². The van der Waals surface area contributed by atoms with Gasteiger partial charge in [0, 0.05) is 0 Å². The Morgan fingerprint density at radius 2 is 2.50 bits per heavy atom. The summed E-state index contributed by atoms with van der Waals surface area (Å²) < 4.78 is 29.6. The molecule has 1 rings (SSSR count). The Kier molecular flexibility index (Phi) is 2.49. The van der Waals surface area contributed by atoms with Crippen LogP contribution in [0, 0.1) is 0 Å². The van der Waals surface area contributed by atoms with Gasteiger partial charge in [0.2, 0.25) is 5.17 Å². The Hall–Kier alpha value is -0.880. The minimum Gasteiger partial charge on any atom is -0.354 e. The van der Waals surface area contributed by atoms with Crippen molar-refractivity contribution < 1.29 is 13.0 Å². The molecule has 0 bridgehead atoms. The van der Waals surface area contributed by atoms with Gasteiger partial charge in [-0.15, -0.1) is 6.58 Å². The van der Waals surface area contributed by atoms with E-state index in [0.717, 1.165) is 0 Å². The topological polar surface area (TPSA) is 78.8 Å². The van der Waals surface area contributed by atoms with E-state index in [1.165, 1.54) is 0 Å². The zero-order valence-electron chi connectivity index (χ0n) is 6.40. The second kappa shape index (κ2) is 3.24. The van der Waals surface area contributed by atoms with Crippen molar-refractivity contribution in [1.29, 1.82) is 0 Å². The normalized spacial score (nSPS) is 23.1. The van der Waals surface area contributed by atoms with Crippen LogP contribution in [0.4, 0.5) is 0 Å². The van der Waals surface area contributed by atoms with E-state index < -0.39 is 10.1 Å². The maximum Gasteiger partial charge on any atom is 0.327 e. The third-order valence-corrected chi connectivity index (χ3v) is 2.21. The SMILES string of the molecule is C=CCC1CN=C(S(=O)(=O)O)N1. The van der Waals surface area contributed by atoms with E-state index >= 15 is 0 Å². The highest BCUT2D eigenvalue weighted by Crippen LogP contribution is 2.03. The summed E-state index contributed by atoms with van der Waals surface area (Å²) in [7, 11) is -4.15. The molecular weight excluding hydrogens is 180 g/mol. The van der Waals surface area contributed by atoms with Crippen LogP contribution in [0.1, 0.15) is 6.42 Å². The Morgan fingerprint density at radius 3 is 2.92 bits per heavy atom. The molecule has 0 fully saturated rings. The van der Waals surface area contributed by atoms with Gasteiger partial charge in [-0.3, -0.25) is 9.55 Å². The fourth-order valence-corrected chi connectivity index (χ4v) is 1.50. The fraction of sp³-hybridized carbons (Fsp3) is 0.500. The third-order valence-electron chi connectivity index (χ3n) is 1.48. The van der Waals surface area contributed by atoms with Gasteiger partial charge < -0.3 is 5.32 Å². The first-order valence-electron chi connectivity index (χ1n) is 3.43. The molecular formula is C6H10N2O3S. The highest BCUT2D eigenvalue weighted by atomic mass is 32.2. The molecule has 0 spiro atoms. The summed E-state index contributed by atoms with van der Waals surface area (Å²) in [6.45, 7) is 3.87. The van der Waals surface area contributed by atoms with Gasteiger partial charge in [-0.2, -0.15) is 8.42 Å². The molecule has 0 aliphatic carbocycles. The number of aliphatic imine (C=N–C) groups is 1. The number of hydrogen-bond acceptors (Lipinski definition) is 4. The van der Waals surface area contributed by atoms with E-state index in [-0.39, 0.29) is 11.2 Å². The van der Waals surface area contributed by atoms with Crippen LogP contribution in [0.25, 0.3) is 0 Å². The fourth-order valence-electron chi connectivity index (χ4n) is 0.950. The molecule has 0 amide bonds. The molecule has 1 atom stereocenters. The molecule has 0 radical (unpaired) electrons. The molecule has 12 heavy (non-hydrogen) atoms. The van der Waals surface area contributed by atoms with Crippen LogP contribution in [0.2, 0.25) is 0 Å². The molecule has 0 saturated carbocycles. The first kappa shape index (κ1) is 9.21. The maximum absolute atomic E-state index is 10.5. The molecule has 6 heteroatoms. The largest absolute Gasteiger partial charge is 0.354 e. The minimum atomic E-state index is -4.15. The average molecular weight is 190 g/mol. The van der Waals surface area contributed by atoms with Crippen LogP contribution in [-0.4, -0.2) is 30.7 Å². The Morgan fingerprint density at radius 1 is 1.83 bits per heavy atom. The summed E-state index contributed by atoms with van der Waals surface area (Å²) in [5.41, 5.74) is 0. The van der Waals surface area contributed by atoms with E-state index in [1.807, 2.05) is 0 Å². The van der Waals surface area contributed by atoms with Crippen molar-refractivity contribution in [2.45, 2.75) is 12.5 Å². The van der Waals surface area contributed by atoms with Crippen molar-refractivity contribution in [2.24, 2.45) is 4.99 Å². The summed E-state index contributed by atoms with van der Waals surface area (Å²) in [5.74, 6) is 0. The highest BCUT2D eigenvalue weighted by molar-refractivity contribution is 8.01. The summed E-state index contributed by atoms with van der Waals surface area (Å²) in [6.07, 6.45) is 2.29. The molecule has 0 aromatic heterocycles. The van der Waals surface area contributed by atoms with Crippen LogP contribution in [-0.2, 0) is 10.1 Å². The lowest BCUT2D eigenvalue weighted by molar-refractivity contribution is 0.496. The van der Waals surface area contributed by atoms with Crippen LogP contribution in [0.5, 0.6) is 0 Å². The van der Waals surface area contributed by atoms with E-state index in [9.17, 15) is 8.42 Å². The first-order valence-corrected chi connectivity index (χ1v) is 4.87. The van der Waals surface area contributed by atoms with E-state index in [0.29, 0.717) is 13.0 Å². The van der Waals surface area contributed by atoms with E-state index in [4.69, 9.17) is 4.55 Å². The predicted molar refractivity (Wildman–Crippen MR) is 45.6 cm³/mol. The average Bonchev–Trinajstić information content (AvgIpc) is 2.35. The van der Waals surface area contributed by atoms with Crippen LogP contribution in [0.15, 0.2) is 17.6 Å². The standard InChI is InChI=1S/C6H10N2O3S/c1-2-3-5-4-7-6(8-5)12(9,10)11/h2,5H,1,3-4H2,(H,7,8)(H,9,10,11). The first-order chi connectivity index (χ1) is 5.54. The zero-order chi connectivity index (χ0) is 9.19. The molecule has 0 aromatic rings. The van der Waals surface area contributed by atoms with Crippen molar-refractivity contribution in [3.63, 3.8) is 0 Å². The quantitative estimate of drug-likeness (QED) is 0.466. The monoisotopic (exact) mass is 190 g/mol. The number of rotatable bonds is 2. The number of nitrogens with zero attached hydrogens (tertiary/aromatic N) is 1. The van der Waals surface area contributed by atoms with Crippen molar-refractivity contribution in [3.8, 4) is 0 Å². The Bertz CT molecular complexity index is 307. The predicted octanol–water partition coefficient (Wildman–Crippen LogP) is -0.222. The van der Waals surface area contributed by atoms with Gasteiger partial charge >= 0.3 is 10.1 Å². The van der Waals surface area contributed by atoms with Crippen molar-refractivity contribution >= 4 is 15.3 Å². The Labute approximate surface area is 70.9 Å². The van der Waals surface area contributed by atoms with Crippen LogP contribution >= 0.6 is 0 Å². The van der Waals surface area contributed by atoms with Crippen LogP contribution in [0.3, 0.4) is 0 Å². The summed E-state index contributed by atoms with van der Waals surface area (Å²) in [5, 5.41) is 2.23. The molecule has 2 N–H and O–H groups in total. The van der Waals surface area contributed by atoms with Gasteiger partial charge in [0.1, 0.15) is 0 Å². The minimum absolute atomic E-state index is 0.0561. The van der Waals surface area contributed by atoms with E-state index in [2.05, 4.69) is 16.9 Å². The molecule has 1 heterocycles. The lowest BCUT2D eigenvalue weighted by Gasteiger charge is -2.06. The molecule has 0 saturated heterocycles. The highest BCUT2D eigenvalue weighted by Gasteiger charge is 2.24. The van der Waals surface area contributed by atoms with Gasteiger partial charge in [-0.25, -0.2) is 0 Å². The van der Waals surface area contributed by atoms with Crippen molar-refractivity contribution in [1.82, 2.24) is 5.32 Å². The van der Waals surface area contributed by atoms with Gasteiger partial charge in [0.05, 0.1) is 12.6 Å². The summed E-state index contributed by atoms with van der Waals surface area (Å²) in [6, 6.07) is -0.0561. The second-order valence-electron chi connectivity index (χ2n) is 2.49. The van der Waals surface area contributed by atoms with Gasteiger partial charge in [-0.05, 0) is 6.42 Å². The zero-order valence-corrected chi connectivity index (χ0v) is 7.21. The van der Waals surface area contributed by atoms with Crippen molar-refractivity contribution in [2.75, 3.05) is 6.54 Å². The maximum atomic E-state index is 10.5. The molecule has 1 unspecified atom stereocenters. The number of amidine groups is 1. The molecule has 1 aliphatic heterocycles. The van der Waals surface area contributed by atoms with Crippen molar-refractivity contribution in [3.05, 3.63) is 12.7 Å². The van der Waals surface area contributed by atoms with Gasteiger partial charge in [-0.1, -0.05) is 6.08 Å². The number of hydrogen-bond donors (Lipinski definition) is 2. The molecule has 68 valence electrons. The third kappa shape index (κ3) is 2.05. The van der Waals surface area contributed by atoms with Gasteiger partial charge in [0.15, 0.2) is 0 Å². The smallest absolute Gasteiger partial charge is 0.327 e. The molecule has 1 aliphatic rings. The summed E-state index contributed by atoms with van der Waals surface area (Å²) >= 11 is 0. The Balaban J connectivity index is 2.61. The van der Waals surface area contributed by atoms with Gasteiger partial charge in [0.25, 0.3) is 0 Å². The second-order valence-corrected chi connectivity index (χ2v) is 3.82. The number of nitrogens with one attached hydrogen (secondary N) is 1. The summed E-state index contributed by atoms with van der Waals surface area (Å²) in [4.78, 5) is 3.63. The molecule has 5 nitrogen and oxygen atoms in total. The molecule has 0 aromatic carbocycles. The lowest BCUT2D eigenvalue weighted by Crippen LogP contribution is -2.33. The van der Waals surface area contributed by atoms with Crippen LogP contribution < -0.4 is 5.32 Å².